The number of aldehydes is 1. The van der Waals surface area contributed by atoms with Crippen molar-refractivity contribution >= 4 is 17.9 Å². The molecule has 1 aromatic rings. The van der Waals surface area contributed by atoms with E-state index in [2.05, 4.69) is 15.5 Å². The molecule has 0 bridgehead atoms. The minimum atomic E-state index is -0.586. The second-order valence-corrected chi connectivity index (χ2v) is 7.25. The summed E-state index contributed by atoms with van der Waals surface area (Å²) >= 11 is 0. The van der Waals surface area contributed by atoms with E-state index in [4.69, 9.17) is 0 Å². The maximum absolute atomic E-state index is 14.6. The average molecular weight is 347 g/mol. The van der Waals surface area contributed by atoms with Crippen molar-refractivity contribution in [3.63, 3.8) is 0 Å². The summed E-state index contributed by atoms with van der Waals surface area (Å²) in [6.45, 7) is 4.07. The summed E-state index contributed by atoms with van der Waals surface area (Å²) in [6, 6.07) is 5.12. The quantitative estimate of drug-likeness (QED) is 0.771. The van der Waals surface area contributed by atoms with E-state index in [9.17, 15) is 14.0 Å². The minimum Gasteiger partial charge on any atom is -0.371 e. The monoisotopic (exact) mass is 347 g/mol. The molecule has 1 unspecified atom stereocenters. The van der Waals surface area contributed by atoms with Crippen molar-refractivity contribution < 1.29 is 14.0 Å². The number of hydrogen-bond acceptors (Lipinski definition) is 4. The first-order valence-corrected chi connectivity index (χ1v) is 8.98. The van der Waals surface area contributed by atoms with Crippen LogP contribution in [0.1, 0.15) is 37.2 Å². The molecule has 0 aromatic heterocycles. The van der Waals surface area contributed by atoms with E-state index in [1.165, 1.54) is 6.07 Å². The summed E-state index contributed by atoms with van der Waals surface area (Å²) in [4.78, 5) is 24.9. The molecular formula is C19H26FN3O2. The predicted octanol–water partition coefficient (Wildman–Crippen LogP) is 1.82. The van der Waals surface area contributed by atoms with Crippen LogP contribution in [0.4, 0.5) is 10.1 Å². The van der Waals surface area contributed by atoms with Crippen molar-refractivity contribution in [3.8, 4) is 0 Å². The van der Waals surface area contributed by atoms with E-state index in [-0.39, 0.29) is 18.1 Å². The molecule has 2 saturated heterocycles. The second-order valence-electron chi connectivity index (χ2n) is 7.25. The highest BCUT2D eigenvalue weighted by molar-refractivity contribution is 5.76. The number of piperidine rings is 1. The zero-order valence-corrected chi connectivity index (χ0v) is 14.7. The smallest absolute Gasteiger partial charge is 0.219 e. The zero-order valence-electron chi connectivity index (χ0n) is 14.7. The van der Waals surface area contributed by atoms with Crippen molar-refractivity contribution in [2.24, 2.45) is 5.41 Å². The number of carbonyl (C=O) groups is 2. The van der Waals surface area contributed by atoms with Crippen LogP contribution in [-0.4, -0.2) is 45.4 Å². The zero-order chi connectivity index (χ0) is 17.9. The number of nitrogens with zero attached hydrogens (tertiary/aromatic N) is 1. The standard InChI is InChI=1S/C19H26FN3O2/c1-21-18(25)5-2-14(11-24)16-4-3-15(10-17(16)20)23-8-6-19(7-9-23)12-22-13-19/h3-4,10-11,14,22H,2,5-9,12-13H2,1H3,(H,21,25). The van der Waals surface area contributed by atoms with Crippen LogP contribution in [0.5, 0.6) is 0 Å². The Balaban J connectivity index is 1.65. The van der Waals surface area contributed by atoms with E-state index < -0.39 is 5.92 Å². The second kappa shape index (κ2) is 7.52. The lowest BCUT2D eigenvalue weighted by Crippen LogP contribution is -2.58. The fourth-order valence-corrected chi connectivity index (χ4v) is 3.79. The molecule has 0 saturated carbocycles. The van der Waals surface area contributed by atoms with Gasteiger partial charge in [-0.2, -0.15) is 0 Å². The summed E-state index contributed by atoms with van der Waals surface area (Å²) in [5.74, 6) is -1.09. The lowest BCUT2D eigenvalue weighted by atomic mass is 9.73. The highest BCUT2D eigenvalue weighted by atomic mass is 19.1. The lowest BCUT2D eigenvalue weighted by molar-refractivity contribution is -0.120. The molecule has 2 heterocycles. The number of nitrogens with one attached hydrogen (secondary N) is 2. The van der Waals surface area contributed by atoms with Gasteiger partial charge in [-0.15, -0.1) is 0 Å². The van der Waals surface area contributed by atoms with Gasteiger partial charge in [0.15, 0.2) is 0 Å². The number of anilines is 1. The van der Waals surface area contributed by atoms with Gasteiger partial charge in [0.25, 0.3) is 0 Å². The Bertz CT molecular complexity index is 636. The van der Waals surface area contributed by atoms with Crippen LogP contribution in [0, 0.1) is 11.2 Å². The molecule has 0 radical (unpaired) electrons. The molecule has 5 nitrogen and oxygen atoms in total. The SMILES string of the molecule is CNC(=O)CCC(C=O)c1ccc(N2CCC3(CC2)CNC3)cc1F. The van der Waals surface area contributed by atoms with Gasteiger partial charge >= 0.3 is 0 Å². The van der Waals surface area contributed by atoms with Gasteiger partial charge < -0.3 is 20.3 Å². The molecule has 136 valence electrons. The number of halogens is 1. The fraction of sp³-hybridized carbons (Fsp3) is 0.579. The van der Waals surface area contributed by atoms with Crippen molar-refractivity contribution in [2.75, 3.05) is 38.1 Å². The number of benzene rings is 1. The number of rotatable bonds is 6. The Morgan fingerprint density at radius 3 is 2.64 bits per heavy atom. The summed E-state index contributed by atoms with van der Waals surface area (Å²) in [5.41, 5.74) is 1.70. The van der Waals surface area contributed by atoms with Crippen molar-refractivity contribution in [1.29, 1.82) is 0 Å². The minimum absolute atomic E-state index is 0.142. The first-order valence-electron chi connectivity index (χ1n) is 8.98. The number of carbonyl (C=O) groups excluding carboxylic acids is 2. The molecule has 1 atom stereocenters. The van der Waals surface area contributed by atoms with E-state index in [0.717, 1.165) is 51.0 Å². The molecule has 1 amide bonds. The van der Waals surface area contributed by atoms with Crippen LogP contribution in [0.15, 0.2) is 18.2 Å². The van der Waals surface area contributed by atoms with Crippen molar-refractivity contribution in [2.45, 2.75) is 31.6 Å². The first-order chi connectivity index (χ1) is 12.1. The molecule has 2 fully saturated rings. The van der Waals surface area contributed by atoms with Crippen molar-refractivity contribution in [1.82, 2.24) is 10.6 Å². The molecule has 3 rings (SSSR count). The Kier molecular flexibility index (Phi) is 5.37. The van der Waals surface area contributed by atoms with Gasteiger partial charge in [-0.1, -0.05) is 6.07 Å². The predicted molar refractivity (Wildman–Crippen MR) is 95.3 cm³/mol. The number of amides is 1. The van der Waals surface area contributed by atoms with Gasteiger partial charge in [0.2, 0.25) is 5.91 Å². The average Bonchev–Trinajstić information content (AvgIpc) is 2.61. The first kappa shape index (κ1) is 17.9. The Labute approximate surface area is 148 Å². The number of hydrogen-bond donors (Lipinski definition) is 2. The van der Waals surface area contributed by atoms with Gasteiger partial charge in [-0.3, -0.25) is 4.79 Å². The van der Waals surface area contributed by atoms with Gasteiger partial charge in [-0.25, -0.2) is 4.39 Å². The fourth-order valence-electron chi connectivity index (χ4n) is 3.79. The summed E-state index contributed by atoms with van der Waals surface area (Å²) in [7, 11) is 1.55. The Hall–Kier alpha value is -1.95. The maximum atomic E-state index is 14.6. The molecule has 2 N–H and O–H groups in total. The molecular weight excluding hydrogens is 321 g/mol. The highest BCUT2D eigenvalue weighted by Gasteiger charge is 2.39. The van der Waals surface area contributed by atoms with Crippen LogP contribution in [0.3, 0.4) is 0 Å². The summed E-state index contributed by atoms with van der Waals surface area (Å²) in [5, 5.41) is 5.86. The third kappa shape index (κ3) is 3.84. The van der Waals surface area contributed by atoms with E-state index >= 15 is 0 Å². The molecule has 2 aliphatic rings. The largest absolute Gasteiger partial charge is 0.371 e. The van der Waals surface area contributed by atoms with E-state index in [1.54, 1.807) is 13.1 Å². The highest BCUT2D eigenvalue weighted by Crippen LogP contribution is 2.37. The van der Waals surface area contributed by atoms with Gasteiger partial charge in [-0.05, 0) is 42.4 Å². The van der Waals surface area contributed by atoms with Crippen LogP contribution in [-0.2, 0) is 9.59 Å². The topological polar surface area (TPSA) is 61.4 Å². The lowest BCUT2D eigenvalue weighted by Gasteiger charge is -2.49. The third-order valence-corrected chi connectivity index (χ3v) is 5.70. The van der Waals surface area contributed by atoms with E-state index in [1.807, 2.05) is 6.07 Å². The molecule has 25 heavy (non-hydrogen) atoms. The van der Waals surface area contributed by atoms with Crippen molar-refractivity contribution in [3.05, 3.63) is 29.6 Å². The third-order valence-electron chi connectivity index (χ3n) is 5.70. The molecule has 0 aliphatic carbocycles. The summed E-state index contributed by atoms with van der Waals surface area (Å²) < 4.78 is 14.6. The molecule has 6 heteroatoms. The summed E-state index contributed by atoms with van der Waals surface area (Å²) in [6.07, 6.45) is 3.52. The van der Waals surface area contributed by atoms with Gasteiger partial charge in [0.1, 0.15) is 12.1 Å². The van der Waals surface area contributed by atoms with E-state index in [0.29, 0.717) is 17.4 Å². The molecule has 1 spiro atoms. The van der Waals surface area contributed by atoms with Gasteiger partial charge in [0.05, 0.1) is 0 Å². The van der Waals surface area contributed by atoms with Crippen LogP contribution < -0.4 is 15.5 Å². The molecule has 1 aromatic carbocycles. The van der Waals surface area contributed by atoms with Gasteiger partial charge in [0, 0.05) is 51.3 Å². The molecule has 2 aliphatic heterocycles. The Morgan fingerprint density at radius 1 is 1.40 bits per heavy atom. The van der Waals surface area contributed by atoms with Crippen LogP contribution in [0.2, 0.25) is 0 Å². The normalized spacial score (nSPS) is 20.0. The maximum Gasteiger partial charge on any atom is 0.219 e. The van der Waals surface area contributed by atoms with Crippen LogP contribution >= 0.6 is 0 Å². The Morgan fingerprint density at radius 2 is 2.12 bits per heavy atom. The van der Waals surface area contributed by atoms with Crippen LogP contribution in [0.25, 0.3) is 0 Å².